The molecule has 1 fully saturated rings. The van der Waals surface area contributed by atoms with Gasteiger partial charge in [-0.15, -0.1) is 0 Å². The van der Waals surface area contributed by atoms with Crippen LogP contribution >= 0.6 is 0 Å². The normalized spacial score (nSPS) is 19.5. The summed E-state index contributed by atoms with van der Waals surface area (Å²) in [6, 6.07) is 9.11. The predicted molar refractivity (Wildman–Crippen MR) is 76.1 cm³/mol. The molecule has 2 nitrogen and oxygen atoms in total. The summed E-state index contributed by atoms with van der Waals surface area (Å²) < 4.78 is 5.60. The molecular weight excluding hydrogens is 222 g/mol. The highest BCUT2D eigenvalue weighted by molar-refractivity contribution is 5.28. The Kier molecular flexibility index (Phi) is 4.82. The zero-order valence-corrected chi connectivity index (χ0v) is 11.2. The Morgan fingerprint density at radius 2 is 2.11 bits per heavy atom. The molecule has 0 saturated carbocycles. The van der Waals surface area contributed by atoms with E-state index in [4.69, 9.17) is 4.74 Å². The fourth-order valence-corrected chi connectivity index (χ4v) is 2.31. The van der Waals surface area contributed by atoms with Crippen molar-refractivity contribution in [1.29, 1.82) is 0 Å². The van der Waals surface area contributed by atoms with Gasteiger partial charge in [0.2, 0.25) is 0 Å². The maximum Gasteiger partial charge on any atom is 0.119 e. The van der Waals surface area contributed by atoms with Gasteiger partial charge in [-0.05, 0) is 56.0 Å². The minimum absolute atomic E-state index is 0.601. The predicted octanol–water partition coefficient (Wildman–Crippen LogP) is 3.33. The molecule has 1 aliphatic heterocycles. The average Bonchev–Trinajstić information content (AvgIpc) is 2.39. The van der Waals surface area contributed by atoms with Crippen molar-refractivity contribution >= 4 is 0 Å². The van der Waals surface area contributed by atoms with Crippen molar-refractivity contribution in [2.75, 3.05) is 13.2 Å². The van der Waals surface area contributed by atoms with E-state index < -0.39 is 0 Å². The Bertz CT molecular complexity index is 377. The first-order valence-electron chi connectivity index (χ1n) is 6.83. The van der Waals surface area contributed by atoms with Crippen molar-refractivity contribution in [3.05, 3.63) is 42.0 Å². The van der Waals surface area contributed by atoms with Gasteiger partial charge in [0.15, 0.2) is 0 Å². The van der Waals surface area contributed by atoms with Crippen LogP contribution in [0.4, 0.5) is 0 Å². The van der Waals surface area contributed by atoms with Crippen molar-refractivity contribution in [1.82, 2.24) is 5.32 Å². The Labute approximate surface area is 110 Å². The molecule has 1 atom stereocenters. The van der Waals surface area contributed by atoms with Crippen LogP contribution in [0.5, 0.6) is 5.75 Å². The van der Waals surface area contributed by atoms with Gasteiger partial charge >= 0.3 is 0 Å². The topological polar surface area (TPSA) is 21.3 Å². The highest BCUT2D eigenvalue weighted by atomic mass is 16.5. The van der Waals surface area contributed by atoms with Crippen molar-refractivity contribution in [2.45, 2.75) is 38.6 Å². The number of rotatable bonds is 5. The van der Waals surface area contributed by atoms with Crippen LogP contribution in [0.1, 0.15) is 31.7 Å². The van der Waals surface area contributed by atoms with Crippen LogP contribution in [-0.2, 0) is 6.42 Å². The van der Waals surface area contributed by atoms with Gasteiger partial charge in [-0.1, -0.05) is 25.1 Å². The third-order valence-electron chi connectivity index (χ3n) is 3.30. The van der Waals surface area contributed by atoms with Gasteiger partial charge in [-0.25, -0.2) is 0 Å². The Balaban J connectivity index is 1.84. The summed E-state index contributed by atoms with van der Waals surface area (Å²) in [5, 5.41) is 3.58. The van der Waals surface area contributed by atoms with E-state index in [-0.39, 0.29) is 0 Å². The molecule has 2 heteroatoms. The fourth-order valence-electron chi connectivity index (χ4n) is 2.31. The van der Waals surface area contributed by atoms with Gasteiger partial charge in [0.25, 0.3) is 0 Å². The number of hydrogen-bond donors (Lipinski definition) is 1. The third-order valence-corrected chi connectivity index (χ3v) is 3.30. The molecule has 1 unspecified atom stereocenters. The number of hydrogen-bond acceptors (Lipinski definition) is 2. The Morgan fingerprint density at radius 3 is 2.72 bits per heavy atom. The van der Waals surface area contributed by atoms with Gasteiger partial charge < -0.3 is 10.1 Å². The van der Waals surface area contributed by atoms with Crippen LogP contribution in [0.15, 0.2) is 36.4 Å². The van der Waals surface area contributed by atoms with E-state index in [0.717, 1.165) is 17.7 Å². The van der Waals surface area contributed by atoms with Crippen molar-refractivity contribution in [3.63, 3.8) is 0 Å². The average molecular weight is 245 g/mol. The SMILES string of the molecule is C=C(C)COc1ccc(CC2CCCCN2)cc1. The lowest BCUT2D eigenvalue weighted by Gasteiger charge is -2.23. The Hall–Kier alpha value is -1.28. The summed E-state index contributed by atoms with van der Waals surface area (Å²) in [5.74, 6) is 0.929. The molecule has 0 radical (unpaired) electrons. The van der Waals surface area contributed by atoms with Gasteiger partial charge in [-0.2, -0.15) is 0 Å². The molecule has 1 N–H and O–H groups in total. The van der Waals surface area contributed by atoms with Crippen molar-refractivity contribution in [3.8, 4) is 5.75 Å². The van der Waals surface area contributed by atoms with E-state index in [0.29, 0.717) is 12.6 Å². The maximum atomic E-state index is 5.60. The summed E-state index contributed by atoms with van der Waals surface area (Å²) in [6.07, 6.45) is 5.11. The molecule has 1 aromatic carbocycles. The van der Waals surface area contributed by atoms with E-state index in [1.165, 1.54) is 31.4 Å². The van der Waals surface area contributed by atoms with Crippen LogP contribution in [-0.4, -0.2) is 19.2 Å². The molecule has 1 aromatic rings. The molecule has 18 heavy (non-hydrogen) atoms. The molecule has 0 aromatic heterocycles. The lowest BCUT2D eigenvalue weighted by Crippen LogP contribution is -2.35. The van der Waals surface area contributed by atoms with E-state index >= 15 is 0 Å². The van der Waals surface area contributed by atoms with Crippen molar-refractivity contribution in [2.24, 2.45) is 0 Å². The largest absolute Gasteiger partial charge is 0.489 e. The summed E-state index contributed by atoms with van der Waals surface area (Å²) in [4.78, 5) is 0. The van der Waals surface area contributed by atoms with Gasteiger partial charge in [-0.3, -0.25) is 0 Å². The lowest BCUT2D eigenvalue weighted by atomic mass is 9.98. The van der Waals surface area contributed by atoms with E-state index in [1.54, 1.807) is 0 Å². The minimum atomic E-state index is 0.601. The van der Waals surface area contributed by atoms with E-state index in [1.807, 2.05) is 6.92 Å². The lowest BCUT2D eigenvalue weighted by molar-refractivity contribution is 0.352. The van der Waals surface area contributed by atoms with Gasteiger partial charge in [0.1, 0.15) is 12.4 Å². The number of ether oxygens (including phenoxy) is 1. The van der Waals surface area contributed by atoms with Gasteiger partial charge in [0.05, 0.1) is 0 Å². The zero-order chi connectivity index (χ0) is 12.8. The molecule has 0 bridgehead atoms. The molecule has 0 aliphatic carbocycles. The van der Waals surface area contributed by atoms with Crippen LogP contribution in [0, 0.1) is 0 Å². The second-order valence-corrected chi connectivity index (χ2v) is 5.24. The van der Waals surface area contributed by atoms with E-state index in [9.17, 15) is 0 Å². The summed E-state index contributed by atoms with van der Waals surface area (Å²) in [7, 11) is 0. The van der Waals surface area contributed by atoms with Crippen molar-refractivity contribution < 1.29 is 4.74 Å². The highest BCUT2D eigenvalue weighted by Gasteiger charge is 2.12. The third kappa shape index (κ3) is 4.19. The molecule has 2 rings (SSSR count). The minimum Gasteiger partial charge on any atom is -0.489 e. The molecule has 1 aliphatic rings. The molecule has 0 spiro atoms. The van der Waals surface area contributed by atoms with Crippen LogP contribution in [0.25, 0.3) is 0 Å². The molecular formula is C16H23NO. The number of benzene rings is 1. The quantitative estimate of drug-likeness (QED) is 0.803. The van der Waals surface area contributed by atoms with Crippen LogP contribution < -0.4 is 10.1 Å². The van der Waals surface area contributed by atoms with Crippen LogP contribution in [0.2, 0.25) is 0 Å². The maximum absolute atomic E-state index is 5.60. The van der Waals surface area contributed by atoms with Crippen LogP contribution in [0.3, 0.4) is 0 Å². The summed E-state index contributed by atoms with van der Waals surface area (Å²) in [5.41, 5.74) is 2.43. The van der Waals surface area contributed by atoms with E-state index in [2.05, 4.69) is 36.2 Å². The Morgan fingerprint density at radius 1 is 1.33 bits per heavy atom. The number of piperidine rings is 1. The van der Waals surface area contributed by atoms with Gasteiger partial charge in [0, 0.05) is 6.04 Å². The highest BCUT2D eigenvalue weighted by Crippen LogP contribution is 2.16. The number of nitrogens with one attached hydrogen (secondary N) is 1. The first-order chi connectivity index (χ1) is 8.74. The first kappa shape index (κ1) is 13.2. The smallest absolute Gasteiger partial charge is 0.119 e. The monoisotopic (exact) mass is 245 g/mol. The zero-order valence-electron chi connectivity index (χ0n) is 11.2. The summed E-state index contributed by atoms with van der Waals surface area (Å²) >= 11 is 0. The second kappa shape index (κ2) is 6.60. The summed E-state index contributed by atoms with van der Waals surface area (Å²) in [6.45, 7) is 7.58. The molecule has 1 heterocycles. The fraction of sp³-hybridized carbons (Fsp3) is 0.500. The molecule has 0 amide bonds. The second-order valence-electron chi connectivity index (χ2n) is 5.24. The standard InChI is InChI=1S/C16H23NO/c1-13(2)12-18-16-8-6-14(7-9-16)11-15-5-3-4-10-17-15/h6-9,15,17H,1,3-5,10-12H2,2H3. The first-order valence-corrected chi connectivity index (χ1v) is 6.83. The molecule has 98 valence electrons. The molecule has 1 saturated heterocycles.